The Morgan fingerprint density at radius 1 is 1.04 bits per heavy atom. The lowest BCUT2D eigenvalue weighted by atomic mass is 9.99. The highest BCUT2D eigenvalue weighted by atomic mass is 32.2. The van der Waals surface area contributed by atoms with E-state index in [1.807, 2.05) is 0 Å². The number of carbonyl (C=O) groups is 1. The largest absolute Gasteiger partial charge is 0.341 e. The van der Waals surface area contributed by atoms with Gasteiger partial charge in [0.15, 0.2) is 5.16 Å². The van der Waals surface area contributed by atoms with E-state index in [0.29, 0.717) is 12.2 Å². The van der Waals surface area contributed by atoms with Gasteiger partial charge in [-0.2, -0.15) is 0 Å². The summed E-state index contributed by atoms with van der Waals surface area (Å²) in [5.41, 5.74) is 2.31. The summed E-state index contributed by atoms with van der Waals surface area (Å²) in [4.78, 5) is 14.6. The third-order valence-electron chi connectivity index (χ3n) is 5.04. The minimum absolute atomic E-state index is 0.0218. The van der Waals surface area contributed by atoms with E-state index in [4.69, 9.17) is 0 Å². The van der Waals surface area contributed by atoms with E-state index in [-0.39, 0.29) is 5.25 Å². The maximum absolute atomic E-state index is 12.3. The number of hydrogen-bond acceptors (Lipinski definition) is 5. The van der Waals surface area contributed by atoms with Crippen molar-refractivity contribution in [2.75, 3.05) is 18.0 Å². The summed E-state index contributed by atoms with van der Waals surface area (Å²) in [5, 5.41) is 9.83. The molecule has 1 saturated carbocycles. The van der Waals surface area contributed by atoms with Crippen molar-refractivity contribution < 1.29 is 4.79 Å². The minimum atomic E-state index is 0.0218. The van der Waals surface area contributed by atoms with Crippen LogP contribution in [0.4, 0.5) is 5.95 Å². The first-order chi connectivity index (χ1) is 12.2. The number of ketones is 1. The average Bonchev–Trinajstić information content (AvgIpc) is 3.27. The van der Waals surface area contributed by atoms with E-state index in [9.17, 15) is 4.79 Å². The van der Waals surface area contributed by atoms with Gasteiger partial charge in [-0.3, -0.25) is 9.36 Å². The molecule has 1 aromatic carbocycles. The van der Waals surface area contributed by atoms with Crippen LogP contribution in [0.25, 0.3) is 5.69 Å². The number of anilines is 1. The highest BCUT2D eigenvalue weighted by Gasteiger charge is 2.28. The molecule has 1 atom stereocenters. The zero-order valence-corrected chi connectivity index (χ0v) is 15.5. The standard InChI is InChI=1S/C19H24N4OS/c1-14-8-10-15(11-9-14)23-18(22-12-4-5-13-22)20-21-19(23)25-17-7-3-2-6-16(17)24/h8-11,17H,2-7,12-13H2,1H3. The second-order valence-electron chi connectivity index (χ2n) is 6.97. The molecule has 0 radical (unpaired) electrons. The average molecular weight is 356 g/mol. The van der Waals surface area contributed by atoms with Gasteiger partial charge in [0.1, 0.15) is 5.78 Å². The highest BCUT2D eigenvalue weighted by Crippen LogP contribution is 2.34. The summed E-state index contributed by atoms with van der Waals surface area (Å²) in [6.07, 6.45) is 6.20. The SMILES string of the molecule is Cc1ccc(-n2c(SC3CCCCC3=O)nnc2N2CCCC2)cc1. The third kappa shape index (κ3) is 3.45. The van der Waals surface area contributed by atoms with Crippen LogP contribution in [-0.4, -0.2) is 38.9 Å². The molecule has 2 aromatic rings. The summed E-state index contributed by atoms with van der Waals surface area (Å²) in [7, 11) is 0. The van der Waals surface area contributed by atoms with Crippen molar-refractivity contribution in [3.63, 3.8) is 0 Å². The Morgan fingerprint density at radius 2 is 1.80 bits per heavy atom. The number of carbonyl (C=O) groups excluding carboxylic acids is 1. The first-order valence-corrected chi connectivity index (χ1v) is 10.1. The summed E-state index contributed by atoms with van der Waals surface area (Å²) in [6.45, 7) is 4.14. The van der Waals surface area contributed by atoms with Crippen LogP contribution in [0.15, 0.2) is 29.4 Å². The Labute approximate surface area is 152 Å². The van der Waals surface area contributed by atoms with E-state index < -0.39 is 0 Å². The van der Waals surface area contributed by atoms with Crippen molar-refractivity contribution in [1.82, 2.24) is 14.8 Å². The Kier molecular flexibility index (Phi) is 4.79. The number of hydrogen-bond donors (Lipinski definition) is 0. The van der Waals surface area contributed by atoms with Gasteiger partial charge in [0.2, 0.25) is 5.95 Å². The van der Waals surface area contributed by atoms with Crippen LogP contribution < -0.4 is 4.90 Å². The number of Topliss-reactive ketones (excluding diaryl/α,β-unsaturated/α-hetero) is 1. The lowest BCUT2D eigenvalue weighted by Crippen LogP contribution is -2.23. The number of benzene rings is 1. The van der Waals surface area contributed by atoms with Gasteiger partial charge >= 0.3 is 0 Å². The number of aromatic nitrogens is 3. The molecule has 1 aliphatic heterocycles. The number of nitrogens with zero attached hydrogens (tertiary/aromatic N) is 4. The minimum Gasteiger partial charge on any atom is -0.341 e. The van der Waals surface area contributed by atoms with Crippen LogP contribution in [0.3, 0.4) is 0 Å². The fraction of sp³-hybridized carbons (Fsp3) is 0.526. The van der Waals surface area contributed by atoms with Crippen LogP contribution in [0.1, 0.15) is 44.1 Å². The second kappa shape index (κ2) is 7.20. The monoisotopic (exact) mass is 356 g/mol. The number of thioether (sulfide) groups is 1. The van der Waals surface area contributed by atoms with Gasteiger partial charge in [-0.25, -0.2) is 0 Å². The molecule has 5 nitrogen and oxygen atoms in total. The summed E-state index contributed by atoms with van der Waals surface area (Å²) >= 11 is 1.59. The van der Waals surface area contributed by atoms with Crippen molar-refractivity contribution in [3.05, 3.63) is 29.8 Å². The first-order valence-electron chi connectivity index (χ1n) is 9.19. The summed E-state index contributed by atoms with van der Waals surface area (Å²) < 4.78 is 2.14. The molecule has 1 aromatic heterocycles. The van der Waals surface area contributed by atoms with Crippen molar-refractivity contribution in [2.24, 2.45) is 0 Å². The second-order valence-corrected chi connectivity index (χ2v) is 8.14. The van der Waals surface area contributed by atoms with E-state index in [1.54, 1.807) is 11.8 Å². The molecule has 2 heterocycles. The smallest absolute Gasteiger partial charge is 0.232 e. The lowest BCUT2D eigenvalue weighted by molar-refractivity contribution is -0.119. The molecule has 1 unspecified atom stereocenters. The molecule has 0 N–H and O–H groups in total. The maximum Gasteiger partial charge on any atom is 0.232 e. The Hall–Kier alpha value is -1.82. The number of aryl methyl sites for hydroxylation is 1. The Bertz CT molecular complexity index is 749. The van der Waals surface area contributed by atoms with E-state index in [0.717, 1.165) is 49.1 Å². The van der Waals surface area contributed by atoms with Crippen LogP contribution in [0.2, 0.25) is 0 Å². The lowest BCUT2D eigenvalue weighted by Gasteiger charge is -2.21. The van der Waals surface area contributed by atoms with Crippen molar-refractivity contribution >= 4 is 23.5 Å². The quantitative estimate of drug-likeness (QED) is 0.834. The van der Waals surface area contributed by atoms with Crippen molar-refractivity contribution in [3.8, 4) is 5.69 Å². The third-order valence-corrected chi connectivity index (χ3v) is 6.30. The van der Waals surface area contributed by atoms with Gasteiger partial charge in [0.05, 0.1) is 10.9 Å². The Balaban J connectivity index is 1.70. The predicted octanol–water partition coefficient (Wildman–Crippen LogP) is 3.78. The summed E-state index contributed by atoms with van der Waals surface area (Å²) in [6, 6.07) is 8.46. The molecule has 25 heavy (non-hydrogen) atoms. The van der Waals surface area contributed by atoms with E-state index in [1.165, 1.54) is 18.4 Å². The van der Waals surface area contributed by atoms with Gasteiger partial charge in [-0.1, -0.05) is 35.9 Å². The fourth-order valence-electron chi connectivity index (χ4n) is 3.58. The summed E-state index contributed by atoms with van der Waals surface area (Å²) in [5.74, 6) is 1.27. The first kappa shape index (κ1) is 16.6. The van der Waals surface area contributed by atoms with Gasteiger partial charge in [-0.15, -0.1) is 10.2 Å². The van der Waals surface area contributed by atoms with Crippen molar-refractivity contribution in [1.29, 1.82) is 0 Å². The van der Waals surface area contributed by atoms with Gasteiger partial charge in [0, 0.05) is 19.5 Å². The van der Waals surface area contributed by atoms with Crippen LogP contribution >= 0.6 is 11.8 Å². The Morgan fingerprint density at radius 3 is 2.52 bits per heavy atom. The van der Waals surface area contributed by atoms with Gasteiger partial charge < -0.3 is 4.90 Å². The molecule has 0 spiro atoms. The van der Waals surface area contributed by atoms with Crippen LogP contribution in [0.5, 0.6) is 0 Å². The fourth-order valence-corrected chi connectivity index (χ4v) is 4.75. The molecule has 4 rings (SSSR count). The molecular formula is C19H24N4OS. The number of rotatable bonds is 4. The van der Waals surface area contributed by atoms with Crippen LogP contribution in [-0.2, 0) is 4.79 Å². The molecular weight excluding hydrogens is 332 g/mol. The molecule has 0 bridgehead atoms. The van der Waals surface area contributed by atoms with Gasteiger partial charge in [-0.05, 0) is 44.7 Å². The molecule has 2 fully saturated rings. The zero-order valence-electron chi connectivity index (χ0n) is 14.6. The van der Waals surface area contributed by atoms with Gasteiger partial charge in [0.25, 0.3) is 0 Å². The van der Waals surface area contributed by atoms with Crippen molar-refractivity contribution in [2.45, 2.75) is 55.9 Å². The highest BCUT2D eigenvalue weighted by molar-refractivity contribution is 8.00. The molecule has 132 valence electrons. The zero-order chi connectivity index (χ0) is 17.2. The molecule has 0 amide bonds. The predicted molar refractivity (Wildman–Crippen MR) is 101 cm³/mol. The van der Waals surface area contributed by atoms with Crippen LogP contribution in [0, 0.1) is 6.92 Å². The molecule has 1 aliphatic carbocycles. The van der Waals surface area contributed by atoms with E-state index in [2.05, 4.69) is 50.9 Å². The maximum atomic E-state index is 12.3. The molecule has 6 heteroatoms. The molecule has 1 saturated heterocycles. The topological polar surface area (TPSA) is 51.0 Å². The normalized spacial score (nSPS) is 21.1. The van der Waals surface area contributed by atoms with E-state index >= 15 is 0 Å². The molecule has 2 aliphatic rings.